The van der Waals surface area contributed by atoms with Crippen LogP contribution in [0.2, 0.25) is 0 Å². The third-order valence-electron chi connectivity index (χ3n) is 5.10. The van der Waals surface area contributed by atoms with Gasteiger partial charge in [-0.25, -0.2) is 9.78 Å². The molecule has 1 aromatic carbocycles. The van der Waals surface area contributed by atoms with Crippen molar-refractivity contribution in [3.05, 3.63) is 47.0 Å². The van der Waals surface area contributed by atoms with E-state index in [1.165, 1.54) is 6.33 Å². The van der Waals surface area contributed by atoms with E-state index in [0.29, 0.717) is 24.3 Å². The second-order valence-corrected chi connectivity index (χ2v) is 7.16. The van der Waals surface area contributed by atoms with Gasteiger partial charge >= 0.3 is 12.1 Å². The number of fused-ring (bicyclic) bond motifs is 1. The lowest BCUT2D eigenvalue weighted by atomic mass is 9.91. The van der Waals surface area contributed by atoms with Gasteiger partial charge in [-0.3, -0.25) is 14.5 Å². The van der Waals surface area contributed by atoms with E-state index in [2.05, 4.69) is 20.5 Å². The number of halogens is 3. The fraction of sp³-hybridized carbons (Fsp3) is 0.368. The molecule has 8 nitrogen and oxygen atoms in total. The summed E-state index contributed by atoms with van der Waals surface area (Å²) in [4.78, 5) is 28.7. The molecule has 0 aliphatic carbocycles. The van der Waals surface area contributed by atoms with Crippen molar-refractivity contribution in [3.63, 3.8) is 0 Å². The van der Waals surface area contributed by atoms with E-state index < -0.39 is 23.3 Å². The molecule has 11 heteroatoms. The molecule has 0 bridgehead atoms. The topological polar surface area (TPSA) is 102 Å². The molecule has 0 amide bonds. The number of ether oxygens (including phenoxy) is 1. The number of carbonyl (C=O) groups is 1. The quantitative estimate of drug-likeness (QED) is 0.625. The molecule has 0 spiro atoms. The summed E-state index contributed by atoms with van der Waals surface area (Å²) in [6.07, 6.45) is -3.59. The lowest BCUT2D eigenvalue weighted by Gasteiger charge is -2.37. The first-order valence-electron chi connectivity index (χ1n) is 9.29. The number of aromatic nitrogens is 4. The molecular weight excluding hydrogens is 403 g/mol. The summed E-state index contributed by atoms with van der Waals surface area (Å²) < 4.78 is 44.4. The number of carbonyl (C=O) groups excluding carboxylic acids is 1. The van der Waals surface area contributed by atoms with Gasteiger partial charge in [0.15, 0.2) is 0 Å². The number of aromatic amines is 1. The summed E-state index contributed by atoms with van der Waals surface area (Å²) in [5.41, 5.74) is -0.219. The molecule has 0 saturated carbocycles. The van der Waals surface area contributed by atoms with Crippen molar-refractivity contribution in [1.29, 1.82) is 0 Å². The maximum Gasteiger partial charge on any atom is 0.490 e. The second kappa shape index (κ2) is 7.56. The van der Waals surface area contributed by atoms with E-state index in [1.54, 1.807) is 0 Å². The first kappa shape index (κ1) is 20.1. The number of hydrogen-bond acceptors (Lipinski definition) is 6. The van der Waals surface area contributed by atoms with Gasteiger partial charge in [0.25, 0.3) is 5.56 Å². The molecule has 30 heavy (non-hydrogen) atoms. The first-order valence-corrected chi connectivity index (χ1v) is 9.29. The van der Waals surface area contributed by atoms with E-state index in [-0.39, 0.29) is 24.9 Å². The van der Waals surface area contributed by atoms with Crippen LogP contribution in [0.5, 0.6) is 0 Å². The molecule has 1 fully saturated rings. The van der Waals surface area contributed by atoms with Crippen LogP contribution in [0.3, 0.4) is 0 Å². The Labute approximate surface area is 168 Å². The summed E-state index contributed by atoms with van der Waals surface area (Å²) >= 11 is 0. The van der Waals surface area contributed by atoms with Gasteiger partial charge in [-0.05, 0) is 13.1 Å². The Morgan fingerprint density at radius 2 is 1.90 bits per heavy atom. The second-order valence-electron chi connectivity index (χ2n) is 7.16. The Bertz CT molecular complexity index is 1120. The molecule has 3 aromatic rings. The molecule has 4 rings (SSSR count). The Hall–Kier alpha value is -3.21. The van der Waals surface area contributed by atoms with Crippen LogP contribution in [-0.2, 0) is 16.1 Å². The Morgan fingerprint density at radius 1 is 1.20 bits per heavy atom. The monoisotopic (exact) mass is 421 g/mol. The molecule has 0 atom stereocenters. The van der Waals surface area contributed by atoms with Gasteiger partial charge in [-0.2, -0.15) is 18.3 Å². The van der Waals surface area contributed by atoms with Crippen molar-refractivity contribution in [3.8, 4) is 11.3 Å². The lowest BCUT2D eigenvalue weighted by molar-refractivity contribution is -0.217. The van der Waals surface area contributed by atoms with Gasteiger partial charge in [0, 0.05) is 18.4 Å². The largest absolute Gasteiger partial charge is 0.490 e. The van der Waals surface area contributed by atoms with Gasteiger partial charge in [0.2, 0.25) is 0 Å². The van der Waals surface area contributed by atoms with Crippen molar-refractivity contribution in [1.82, 2.24) is 25.1 Å². The van der Waals surface area contributed by atoms with Crippen molar-refractivity contribution < 1.29 is 22.7 Å². The van der Waals surface area contributed by atoms with Crippen molar-refractivity contribution in [2.24, 2.45) is 0 Å². The summed E-state index contributed by atoms with van der Waals surface area (Å²) in [7, 11) is 0. The summed E-state index contributed by atoms with van der Waals surface area (Å²) in [6, 6.07) is 9.15. The fourth-order valence-electron chi connectivity index (χ4n) is 3.58. The van der Waals surface area contributed by atoms with Crippen LogP contribution in [0.1, 0.15) is 12.8 Å². The standard InChI is InChI=1S/C19H18F3N5O3/c20-19(21,22)17(29)30-18(6-8-23-9-7-18)10-27-11-24-14-13(12-4-2-1-3-5-12)25-26-15(14)16(27)28/h1-5,11,23H,6-10H2,(H,25,26). The zero-order valence-electron chi connectivity index (χ0n) is 15.7. The molecule has 0 unspecified atom stereocenters. The van der Waals surface area contributed by atoms with Crippen LogP contribution in [0.4, 0.5) is 13.2 Å². The number of benzene rings is 1. The predicted molar refractivity (Wildman–Crippen MR) is 101 cm³/mol. The number of hydrogen-bond donors (Lipinski definition) is 2. The third kappa shape index (κ3) is 3.80. The molecule has 3 heterocycles. The average molecular weight is 421 g/mol. The lowest BCUT2D eigenvalue weighted by Crippen LogP contribution is -2.51. The van der Waals surface area contributed by atoms with Crippen molar-refractivity contribution >= 4 is 17.0 Å². The molecule has 2 aromatic heterocycles. The smallest absolute Gasteiger partial charge is 0.450 e. The SMILES string of the molecule is O=C(OC1(Cn2cnc3c(-c4ccccc4)n[nH]c3c2=O)CCNCC1)C(F)(F)F. The highest BCUT2D eigenvalue weighted by molar-refractivity contribution is 5.88. The van der Waals surface area contributed by atoms with Crippen molar-refractivity contribution in [2.75, 3.05) is 13.1 Å². The molecule has 2 N–H and O–H groups in total. The van der Waals surface area contributed by atoms with E-state index >= 15 is 0 Å². The van der Waals surface area contributed by atoms with Crippen LogP contribution in [-0.4, -0.2) is 50.6 Å². The Morgan fingerprint density at radius 3 is 2.57 bits per heavy atom. The zero-order chi connectivity index (χ0) is 21.4. The van der Waals surface area contributed by atoms with Gasteiger partial charge in [0.1, 0.15) is 22.3 Å². The molecule has 1 aliphatic heterocycles. The van der Waals surface area contributed by atoms with E-state index in [0.717, 1.165) is 10.1 Å². The van der Waals surface area contributed by atoms with E-state index in [9.17, 15) is 22.8 Å². The first-order chi connectivity index (χ1) is 14.3. The summed E-state index contributed by atoms with van der Waals surface area (Å²) in [5.74, 6) is -2.26. The minimum absolute atomic E-state index is 0.127. The summed E-state index contributed by atoms with van der Waals surface area (Å²) in [5, 5.41) is 9.84. The van der Waals surface area contributed by atoms with Crippen molar-refractivity contribution in [2.45, 2.75) is 31.2 Å². The number of nitrogens with zero attached hydrogens (tertiary/aromatic N) is 3. The summed E-state index contributed by atoms with van der Waals surface area (Å²) in [6.45, 7) is 0.480. The Balaban J connectivity index is 1.69. The number of H-pyrrole nitrogens is 1. The maximum atomic E-state index is 12.9. The van der Waals surface area contributed by atoms with Crippen LogP contribution in [0.15, 0.2) is 41.5 Å². The molecule has 1 saturated heterocycles. The molecule has 158 valence electrons. The molecular formula is C19H18F3N5O3. The normalized spacial score (nSPS) is 16.5. The highest BCUT2D eigenvalue weighted by Gasteiger charge is 2.47. The minimum atomic E-state index is -5.11. The van der Waals surface area contributed by atoms with E-state index in [1.807, 2.05) is 30.3 Å². The highest BCUT2D eigenvalue weighted by Crippen LogP contribution is 2.30. The number of esters is 1. The minimum Gasteiger partial charge on any atom is -0.450 e. The maximum absolute atomic E-state index is 12.9. The number of nitrogens with one attached hydrogen (secondary N) is 2. The highest BCUT2D eigenvalue weighted by atomic mass is 19.4. The predicted octanol–water partition coefficient (Wildman–Crippen LogP) is 2.01. The molecule has 1 aliphatic rings. The third-order valence-corrected chi connectivity index (χ3v) is 5.10. The van der Waals surface area contributed by atoms with Gasteiger partial charge in [-0.15, -0.1) is 0 Å². The van der Waals surface area contributed by atoms with E-state index in [4.69, 9.17) is 4.74 Å². The fourth-order valence-corrected chi connectivity index (χ4v) is 3.58. The van der Waals surface area contributed by atoms with Crippen LogP contribution < -0.4 is 10.9 Å². The van der Waals surface area contributed by atoms with Crippen LogP contribution >= 0.6 is 0 Å². The van der Waals surface area contributed by atoms with Crippen LogP contribution in [0.25, 0.3) is 22.3 Å². The Kier molecular flexibility index (Phi) is 5.06. The number of rotatable bonds is 4. The molecule has 0 radical (unpaired) electrons. The zero-order valence-corrected chi connectivity index (χ0v) is 15.7. The van der Waals surface area contributed by atoms with Gasteiger partial charge < -0.3 is 10.1 Å². The van der Waals surface area contributed by atoms with Gasteiger partial charge in [0.05, 0.1) is 12.9 Å². The number of piperidine rings is 1. The average Bonchev–Trinajstić information content (AvgIpc) is 3.16. The van der Waals surface area contributed by atoms with Crippen LogP contribution in [0, 0.1) is 0 Å². The number of alkyl halides is 3. The van der Waals surface area contributed by atoms with Gasteiger partial charge in [-0.1, -0.05) is 30.3 Å².